The van der Waals surface area contributed by atoms with Crippen LogP contribution in [0.5, 0.6) is 0 Å². The molecule has 10 heteroatoms. The van der Waals surface area contributed by atoms with E-state index in [1.807, 2.05) is 0 Å². The SMILES string of the molecule is CC(C)(C)OC(=O)CO[C@@H]1C[C@@H](C(=O)O)N(C(=O)CCCCCN2C(=O)C=CC2=O)C1. The van der Waals surface area contributed by atoms with Gasteiger partial charge in [0.2, 0.25) is 5.91 Å². The largest absolute Gasteiger partial charge is 0.480 e. The predicted molar refractivity (Wildman–Crippen MR) is 108 cm³/mol. The summed E-state index contributed by atoms with van der Waals surface area (Å²) in [6.45, 7) is 5.29. The topological polar surface area (TPSA) is 131 Å². The van der Waals surface area contributed by atoms with Crippen molar-refractivity contribution in [2.75, 3.05) is 19.7 Å². The van der Waals surface area contributed by atoms with Crippen molar-refractivity contribution in [3.05, 3.63) is 12.2 Å². The van der Waals surface area contributed by atoms with Crippen LogP contribution < -0.4 is 0 Å². The van der Waals surface area contributed by atoms with Crippen LogP contribution in [0.4, 0.5) is 0 Å². The number of imide groups is 1. The fourth-order valence-electron chi connectivity index (χ4n) is 3.50. The lowest BCUT2D eigenvalue weighted by atomic mass is 10.1. The number of hydrogen-bond acceptors (Lipinski definition) is 7. The Morgan fingerprint density at radius 3 is 2.32 bits per heavy atom. The van der Waals surface area contributed by atoms with Gasteiger partial charge in [-0.3, -0.25) is 19.3 Å². The van der Waals surface area contributed by atoms with Gasteiger partial charge in [0, 0.05) is 38.1 Å². The summed E-state index contributed by atoms with van der Waals surface area (Å²) < 4.78 is 10.6. The highest BCUT2D eigenvalue weighted by Crippen LogP contribution is 2.23. The quantitative estimate of drug-likeness (QED) is 0.302. The Hall–Kier alpha value is -2.75. The lowest BCUT2D eigenvalue weighted by Gasteiger charge is -2.21. The summed E-state index contributed by atoms with van der Waals surface area (Å²) in [5.41, 5.74) is -0.645. The molecule has 2 heterocycles. The third-order valence-electron chi connectivity index (χ3n) is 4.90. The van der Waals surface area contributed by atoms with Crippen LogP contribution in [0.1, 0.15) is 52.9 Å². The maximum absolute atomic E-state index is 12.5. The molecule has 1 fully saturated rings. The van der Waals surface area contributed by atoms with Crippen molar-refractivity contribution < 1.29 is 38.6 Å². The van der Waals surface area contributed by atoms with E-state index in [0.29, 0.717) is 25.8 Å². The first kappa shape index (κ1) is 24.5. The smallest absolute Gasteiger partial charge is 0.332 e. The van der Waals surface area contributed by atoms with Crippen LogP contribution in [0.2, 0.25) is 0 Å². The third-order valence-corrected chi connectivity index (χ3v) is 4.90. The minimum atomic E-state index is -1.12. The van der Waals surface area contributed by atoms with Gasteiger partial charge in [0.05, 0.1) is 6.10 Å². The zero-order chi connectivity index (χ0) is 23.2. The highest BCUT2D eigenvalue weighted by molar-refractivity contribution is 6.12. The first-order valence-electron chi connectivity index (χ1n) is 10.4. The van der Waals surface area contributed by atoms with E-state index >= 15 is 0 Å². The minimum absolute atomic E-state index is 0.0983. The van der Waals surface area contributed by atoms with Crippen LogP contribution in [-0.2, 0) is 33.4 Å². The van der Waals surface area contributed by atoms with Gasteiger partial charge in [-0.15, -0.1) is 0 Å². The number of unbranched alkanes of at least 4 members (excludes halogenated alkanes) is 2. The van der Waals surface area contributed by atoms with Crippen molar-refractivity contribution in [2.45, 2.75) is 70.6 Å². The second-order valence-electron chi connectivity index (χ2n) is 8.63. The molecule has 31 heavy (non-hydrogen) atoms. The highest BCUT2D eigenvalue weighted by Gasteiger charge is 2.40. The molecule has 2 rings (SSSR count). The van der Waals surface area contributed by atoms with Gasteiger partial charge in [-0.1, -0.05) is 6.42 Å². The molecule has 0 saturated carbocycles. The van der Waals surface area contributed by atoms with E-state index in [1.165, 1.54) is 17.1 Å². The van der Waals surface area contributed by atoms with Gasteiger partial charge in [0.25, 0.3) is 11.8 Å². The first-order valence-corrected chi connectivity index (χ1v) is 10.4. The zero-order valence-electron chi connectivity index (χ0n) is 18.2. The lowest BCUT2D eigenvalue weighted by Crippen LogP contribution is -2.40. The normalized spacial score (nSPS) is 21.1. The Kier molecular flexibility index (Phi) is 8.32. The summed E-state index contributed by atoms with van der Waals surface area (Å²) in [6, 6.07) is -0.998. The van der Waals surface area contributed by atoms with E-state index in [2.05, 4.69) is 0 Å². The monoisotopic (exact) mass is 438 g/mol. The molecule has 2 atom stereocenters. The number of ether oxygens (including phenoxy) is 2. The summed E-state index contributed by atoms with van der Waals surface area (Å²) in [5, 5.41) is 9.44. The van der Waals surface area contributed by atoms with Crippen LogP contribution in [0.15, 0.2) is 12.2 Å². The zero-order valence-corrected chi connectivity index (χ0v) is 18.2. The molecular weight excluding hydrogens is 408 g/mol. The second-order valence-corrected chi connectivity index (χ2v) is 8.63. The Bertz CT molecular complexity index is 737. The van der Waals surface area contributed by atoms with Crippen LogP contribution in [0, 0.1) is 0 Å². The van der Waals surface area contributed by atoms with Crippen LogP contribution in [-0.4, -0.2) is 82.0 Å². The maximum atomic E-state index is 12.5. The van der Waals surface area contributed by atoms with E-state index in [-0.39, 0.29) is 43.7 Å². The molecule has 172 valence electrons. The summed E-state index contributed by atoms with van der Waals surface area (Å²) in [5.74, 6) is -2.63. The molecule has 0 spiro atoms. The number of carboxylic acids is 1. The van der Waals surface area contributed by atoms with Gasteiger partial charge >= 0.3 is 11.9 Å². The van der Waals surface area contributed by atoms with Crippen LogP contribution in [0.3, 0.4) is 0 Å². The van der Waals surface area contributed by atoms with Crippen molar-refractivity contribution in [1.82, 2.24) is 9.80 Å². The molecule has 2 aliphatic heterocycles. The van der Waals surface area contributed by atoms with Crippen molar-refractivity contribution in [3.63, 3.8) is 0 Å². The molecule has 10 nitrogen and oxygen atoms in total. The third kappa shape index (κ3) is 7.46. The molecular formula is C21H30N2O8. The first-order chi connectivity index (χ1) is 14.5. The van der Waals surface area contributed by atoms with Gasteiger partial charge in [-0.2, -0.15) is 0 Å². The summed E-state index contributed by atoms with van der Waals surface area (Å²) >= 11 is 0. The number of nitrogens with zero attached hydrogens (tertiary/aromatic N) is 2. The second kappa shape index (κ2) is 10.5. The van der Waals surface area contributed by atoms with E-state index in [0.717, 1.165) is 4.90 Å². The Balaban J connectivity index is 1.74. The van der Waals surface area contributed by atoms with Crippen molar-refractivity contribution >= 4 is 29.7 Å². The van der Waals surface area contributed by atoms with Crippen LogP contribution >= 0.6 is 0 Å². The summed E-state index contributed by atoms with van der Waals surface area (Å²) in [7, 11) is 0. The number of hydrogen-bond donors (Lipinski definition) is 1. The molecule has 0 bridgehead atoms. The predicted octanol–water partition coefficient (Wildman–Crippen LogP) is 0.884. The number of rotatable bonds is 10. The molecule has 1 N–H and O–H groups in total. The van der Waals surface area contributed by atoms with E-state index < -0.39 is 29.7 Å². The standard InChI is InChI=1S/C21H30N2O8/c1-21(2,3)31-19(27)13-30-14-11-15(20(28)29)23(12-14)16(24)7-5-4-6-10-22-17(25)8-9-18(22)26/h8-9,14-15H,4-7,10-13H2,1-3H3,(H,28,29)/t14-,15+/m1/s1. The molecule has 2 aliphatic rings. The van der Waals surface area contributed by atoms with E-state index in [9.17, 15) is 29.1 Å². The average Bonchev–Trinajstić information content (AvgIpc) is 3.23. The number of esters is 1. The number of carboxylic acid groups (broad SMARTS) is 1. The Labute approximate surface area is 181 Å². The van der Waals surface area contributed by atoms with Gasteiger partial charge in [-0.25, -0.2) is 9.59 Å². The molecule has 0 aromatic carbocycles. The van der Waals surface area contributed by atoms with Gasteiger partial charge in [-0.05, 0) is 33.6 Å². The number of aliphatic carboxylic acids is 1. The van der Waals surface area contributed by atoms with Gasteiger partial charge in [0.1, 0.15) is 18.2 Å². The van der Waals surface area contributed by atoms with Gasteiger partial charge in [0.15, 0.2) is 0 Å². The van der Waals surface area contributed by atoms with E-state index in [4.69, 9.17) is 9.47 Å². The molecule has 0 aromatic heterocycles. The lowest BCUT2D eigenvalue weighted by molar-refractivity contribution is -0.162. The molecule has 0 unspecified atom stereocenters. The van der Waals surface area contributed by atoms with Crippen molar-refractivity contribution in [3.8, 4) is 0 Å². The number of likely N-dealkylation sites (tertiary alicyclic amines) is 1. The highest BCUT2D eigenvalue weighted by atomic mass is 16.6. The molecule has 0 aromatic rings. The summed E-state index contributed by atoms with van der Waals surface area (Å²) in [4.78, 5) is 61.3. The molecule has 0 radical (unpaired) electrons. The fourth-order valence-corrected chi connectivity index (χ4v) is 3.50. The van der Waals surface area contributed by atoms with E-state index in [1.54, 1.807) is 20.8 Å². The summed E-state index contributed by atoms with van der Waals surface area (Å²) in [6.07, 6.45) is 3.85. The Morgan fingerprint density at radius 1 is 1.10 bits per heavy atom. The molecule has 0 aliphatic carbocycles. The fraction of sp³-hybridized carbons (Fsp3) is 0.667. The molecule has 1 saturated heterocycles. The van der Waals surface area contributed by atoms with Crippen molar-refractivity contribution in [1.29, 1.82) is 0 Å². The maximum Gasteiger partial charge on any atom is 0.332 e. The van der Waals surface area contributed by atoms with Gasteiger partial charge < -0.3 is 19.5 Å². The van der Waals surface area contributed by atoms with Crippen molar-refractivity contribution in [2.24, 2.45) is 0 Å². The Morgan fingerprint density at radius 2 is 1.74 bits per heavy atom. The minimum Gasteiger partial charge on any atom is -0.480 e. The number of amides is 3. The van der Waals surface area contributed by atoms with Crippen LogP contribution in [0.25, 0.3) is 0 Å². The number of carbonyl (C=O) groups is 5. The number of carbonyl (C=O) groups excluding carboxylic acids is 4. The molecule has 3 amide bonds. The average molecular weight is 438 g/mol.